The van der Waals surface area contributed by atoms with Crippen molar-refractivity contribution in [3.8, 4) is 5.75 Å². The first-order chi connectivity index (χ1) is 11.1. The first-order valence-electron chi connectivity index (χ1n) is 7.36. The number of ether oxygens (including phenoxy) is 2. The molecule has 0 aliphatic carbocycles. The third kappa shape index (κ3) is 3.90. The number of thiocarbonyl (C=S) groups is 1. The van der Waals surface area contributed by atoms with Gasteiger partial charge in [0.25, 0.3) is 0 Å². The summed E-state index contributed by atoms with van der Waals surface area (Å²) in [5.74, 6) is 0.292. The maximum atomic E-state index is 12.4. The Morgan fingerprint density at radius 2 is 2.17 bits per heavy atom. The quantitative estimate of drug-likeness (QED) is 0.474. The summed E-state index contributed by atoms with van der Waals surface area (Å²) in [7, 11) is 0. The van der Waals surface area contributed by atoms with Gasteiger partial charge in [-0.25, -0.2) is 4.79 Å². The van der Waals surface area contributed by atoms with Gasteiger partial charge >= 0.3 is 5.97 Å². The van der Waals surface area contributed by atoms with E-state index in [-0.39, 0.29) is 6.61 Å². The molecule has 1 heterocycles. The van der Waals surface area contributed by atoms with Gasteiger partial charge in [0.15, 0.2) is 5.11 Å². The van der Waals surface area contributed by atoms with Crippen molar-refractivity contribution in [1.82, 2.24) is 10.6 Å². The van der Waals surface area contributed by atoms with Crippen molar-refractivity contribution in [1.29, 1.82) is 0 Å². The number of benzene rings is 1. The molecule has 6 heteroatoms. The van der Waals surface area contributed by atoms with Crippen molar-refractivity contribution < 1.29 is 14.3 Å². The molecule has 0 bridgehead atoms. The van der Waals surface area contributed by atoms with Crippen LogP contribution in [0.4, 0.5) is 0 Å². The molecular formula is C17H20N2O3S. The molecule has 0 unspecified atom stereocenters. The van der Waals surface area contributed by atoms with E-state index in [1.807, 2.05) is 31.2 Å². The largest absolute Gasteiger partial charge is 0.494 e. The lowest BCUT2D eigenvalue weighted by molar-refractivity contribution is -0.138. The van der Waals surface area contributed by atoms with Gasteiger partial charge in [-0.3, -0.25) is 0 Å². The predicted molar refractivity (Wildman–Crippen MR) is 93.1 cm³/mol. The van der Waals surface area contributed by atoms with E-state index < -0.39 is 12.0 Å². The summed E-state index contributed by atoms with van der Waals surface area (Å²) in [6.07, 6.45) is 1.53. The van der Waals surface area contributed by atoms with Crippen LogP contribution in [0, 0.1) is 0 Å². The summed E-state index contributed by atoms with van der Waals surface area (Å²) in [5.41, 5.74) is 1.98. The smallest absolute Gasteiger partial charge is 0.338 e. The van der Waals surface area contributed by atoms with E-state index in [1.165, 1.54) is 6.08 Å². The predicted octanol–water partition coefficient (Wildman–Crippen LogP) is 2.61. The molecule has 0 saturated heterocycles. The molecule has 122 valence electrons. The topological polar surface area (TPSA) is 59.6 Å². The Morgan fingerprint density at radius 1 is 1.43 bits per heavy atom. The van der Waals surface area contributed by atoms with Gasteiger partial charge in [-0.15, -0.1) is 0 Å². The summed E-state index contributed by atoms with van der Waals surface area (Å²) in [5, 5.41) is 6.55. The zero-order valence-electron chi connectivity index (χ0n) is 13.2. The van der Waals surface area contributed by atoms with Crippen LogP contribution in [0.25, 0.3) is 0 Å². The second kappa shape index (κ2) is 7.78. The molecule has 0 radical (unpaired) electrons. The van der Waals surface area contributed by atoms with Gasteiger partial charge in [-0.2, -0.15) is 0 Å². The van der Waals surface area contributed by atoms with Crippen LogP contribution in [0.5, 0.6) is 5.75 Å². The van der Waals surface area contributed by atoms with Crippen molar-refractivity contribution in [3.63, 3.8) is 0 Å². The first-order valence-corrected chi connectivity index (χ1v) is 7.77. The highest BCUT2D eigenvalue weighted by Gasteiger charge is 2.32. The molecule has 1 atom stereocenters. The SMILES string of the molecule is C=CCOC(=O)C1=C(C)NC(=S)N[C@@H]1c1ccccc1OCC. The number of hydrogen-bond acceptors (Lipinski definition) is 4. The van der Waals surface area contributed by atoms with Crippen molar-refractivity contribution in [2.24, 2.45) is 0 Å². The molecule has 1 aliphatic heterocycles. The maximum Gasteiger partial charge on any atom is 0.338 e. The minimum absolute atomic E-state index is 0.153. The Hall–Kier alpha value is -2.34. The Bertz CT molecular complexity index is 655. The Labute approximate surface area is 141 Å². The van der Waals surface area contributed by atoms with Gasteiger partial charge < -0.3 is 20.1 Å². The highest BCUT2D eigenvalue weighted by molar-refractivity contribution is 7.80. The molecule has 1 aromatic rings. The highest BCUT2D eigenvalue weighted by atomic mass is 32.1. The Kier molecular flexibility index (Phi) is 5.76. The highest BCUT2D eigenvalue weighted by Crippen LogP contribution is 2.33. The van der Waals surface area contributed by atoms with E-state index in [1.54, 1.807) is 6.92 Å². The van der Waals surface area contributed by atoms with Gasteiger partial charge in [0, 0.05) is 11.3 Å². The number of nitrogens with one attached hydrogen (secondary N) is 2. The number of rotatable bonds is 6. The van der Waals surface area contributed by atoms with E-state index in [0.29, 0.717) is 28.7 Å². The third-order valence-corrected chi connectivity index (χ3v) is 3.57. The van der Waals surface area contributed by atoms with Gasteiger partial charge in [0.1, 0.15) is 12.4 Å². The molecule has 0 amide bonds. The molecule has 2 N–H and O–H groups in total. The van der Waals surface area contributed by atoms with Crippen LogP contribution in [0.2, 0.25) is 0 Å². The van der Waals surface area contributed by atoms with Crippen LogP contribution in [0.1, 0.15) is 25.5 Å². The van der Waals surface area contributed by atoms with Crippen LogP contribution in [0.3, 0.4) is 0 Å². The Balaban J connectivity index is 2.45. The van der Waals surface area contributed by atoms with E-state index in [0.717, 1.165) is 5.56 Å². The van der Waals surface area contributed by atoms with Gasteiger partial charge in [-0.1, -0.05) is 30.9 Å². The third-order valence-electron chi connectivity index (χ3n) is 3.35. The fraction of sp³-hybridized carbons (Fsp3) is 0.294. The van der Waals surface area contributed by atoms with E-state index in [4.69, 9.17) is 21.7 Å². The van der Waals surface area contributed by atoms with Crippen LogP contribution >= 0.6 is 12.2 Å². The fourth-order valence-electron chi connectivity index (χ4n) is 2.42. The van der Waals surface area contributed by atoms with Crippen molar-refractivity contribution in [2.45, 2.75) is 19.9 Å². The minimum atomic E-state index is -0.427. The molecule has 0 fully saturated rings. The molecule has 0 aromatic heterocycles. The van der Waals surface area contributed by atoms with Crippen molar-refractivity contribution in [2.75, 3.05) is 13.2 Å². The number of para-hydroxylation sites is 1. The molecule has 0 saturated carbocycles. The van der Waals surface area contributed by atoms with E-state index >= 15 is 0 Å². The van der Waals surface area contributed by atoms with E-state index in [9.17, 15) is 4.79 Å². The second-order valence-electron chi connectivity index (χ2n) is 4.93. The lowest BCUT2D eigenvalue weighted by Crippen LogP contribution is -2.45. The molecule has 1 aliphatic rings. The molecule has 0 spiro atoms. The summed E-state index contributed by atoms with van der Waals surface area (Å²) >= 11 is 5.23. The van der Waals surface area contributed by atoms with Crippen molar-refractivity contribution in [3.05, 3.63) is 53.8 Å². The average molecular weight is 332 g/mol. The first kappa shape index (κ1) is 17.0. The second-order valence-corrected chi connectivity index (χ2v) is 5.34. The lowest BCUT2D eigenvalue weighted by Gasteiger charge is -2.30. The average Bonchev–Trinajstić information content (AvgIpc) is 2.52. The standard InChI is InChI=1S/C17H20N2O3S/c1-4-10-22-16(20)14-11(3)18-17(23)19-15(14)12-8-6-7-9-13(12)21-5-2/h4,6-9,15H,1,5,10H2,2-3H3,(H2,18,19,23)/t15-/m1/s1. The molecule has 1 aromatic carbocycles. The lowest BCUT2D eigenvalue weighted by atomic mass is 9.95. The summed E-state index contributed by atoms with van der Waals surface area (Å²) in [6, 6.07) is 7.13. The van der Waals surface area contributed by atoms with Crippen LogP contribution < -0.4 is 15.4 Å². The monoisotopic (exact) mass is 332 g/mol. The van der Waals surface area contributed by atoms with Crippen molar-refractivity contribution >= 4 is 23.3 Å². The minimum Gasteiger partial charge on any atom is -0.494 e. The maximum absolute atomic E-state index is 12.4. The number of allylic oxidation sites excluding steroid dienone is 1. The Morgan fingerprint density at radius 3 is 2.87 bits per heavy atom. The van der Waals surface area contributed by atoms with Gasteiger partial charge in [-0.05, 0) is 32.1 Å². The molecule has 23 heavy (non-hydrogen) atoms. The van der Waals surface area contributed by atoms with Gasteiger partial charge in [0.05, 0.1) is 18.2 Å². The number of carbonyl (C=O) groups is 1. The summed E-state index contributed by atoms with van der Waals surface area (Å²) < 4.78 is 10.9. The fourth-order valence-corrected chi connectivity index (χ4v) is 2.69. The number of carbonyl (C=O) groups excluding carboxylic acids is 1. The number of esters is 1. The van der Waals surface area contributed by atoms with Gasteiger partial charge in [0.2, 0.25) is 0 Å². The zero-order valence-corrected chi connectivity index (χ0v) is 14.0. The normalized spacial score (nSPS) is 17.1. The summed E-state index contributed by atoms with van der Waals surface area (Å²) in [6.45, 7) is 7.96. The van der Waals surface area contributed by atoms with Crippen LogP contribution in [-0.2, 0) is 9.53 Å². The molecule has 2 rings (SSSR count). The number of hydrogen-bond donors (Lipinski definition) is 2. The molecule has 5 nitrogen and oxygen atoms in total. The molecular weight excluding hydrogens is 312 g/mol. The van der Waals surface area contributed by atoms with Crippen LogP contribution in [-0.4, -0.2) is 24.3 Å². The summed E-state index contributed by atoms with van der Waals surface area (Å²) in [4.78, 5) is 12.4. The van der Waals surface area contributed by atoms with E-state index in [2.05, 4.69) is 17.2 Å². The van der Waals surface area contributed by atoms with Crippen LogP contribution in [0.15, 0.2) is 48.2 Å². The zero-order chi connectivity index (χ0) is 16.8.